The summed E-state index contributed by atoms with van der Waals surface area (Å²) < 4.78 is 41.6. The summed E-state index contributed by atoms with van der Waals surface area (Å²) in [6.07, 6.45) is 0. The van der Waals surface area contributed by atoms with Gasteiger partial charge in [-0.1, -0.05) is 23.5 Å². The lowest BCUT2D eigenvalue weighted by atomic mass is 10.2. The molecule has 1 N–H and O–H groups in total. The van der Waals surface area contributed by atoms with Crippen molar-refractivity contribution in [3.8, 4) is 10.6 Å². The number of aromatic nitrogens is 3. The van der Waals surface area contributed by atoms with Crippen molar-refractivity contribution in [2.75, 3.05) is 31.5 Å². The number of nitrogens with one attached hydrogen (secondary N) is 1. The molecule has 0 aliphatic carbocycles. The van der Waals surface area contributed by atoms with E-state index in [2.05, 4.69) is 20.3 Å². The van der Waals surface area contributed by atoms with Gasteiger partial charge in [0, 0.05) is 50.4 Å². The molecule has 8 nitrogen and oxygen atoms in total. The van der Waals surface area contributed by atoms with Crippen LogP contribution in [0.15, 0.2) is 53.3 Å². The van der Waals surface area contributed by atoms with E-state index in [1.807, 2.05) is 0 Å². The third-order valence-corrected chi connectivity index (χ3v) is 6.54. The third kappa shape index (κ3) is 5.03. The van der Waals surface area contributed by atoms with E-state index in [9.17, 15) is 22.8 Å². The van der Waals surface area contributed by atoms with E-state index in [-0.39, 0.29) is 11.2 Å². The average Bonchev–Trinajstić information content (AvgIpc) is 3.26. The molecule has 4 aromatic rings. The summed E-state index contributed by atoms with van der Waals surface area (Å²) >= 11 is 1.20. The molecule has 2 aromatic heterocycles. The fraction of sp³-hybridized carbons (Fsp3) is 0.217. The molecule has 1 aliphatic rings. The quantitative estimate of drug-likeness (QED) is 0.463. The molecular weight excluding hydrogens is 481 g/mol. The maximum absolute atomic E-state index is 13.8. The zero-order chi connectivity index (χ0) is 24.5. The summed E-state index contributed by atoms with van der Waals surface area (Å²) in [7, 11) is 0. The number of hydrogen-bond acceptors (Lipinski definition) is 6. The van der Waals surface area contributed by atoms with Crippen molar-refractivity contribution in [3.05, 3.63) is 82.0 Å². The first-order valence-electron chi connectivity index (χ1n) is 10.7. The van der Waals surface area contributed by atoms with Gasteiger partial charge in [0.05, 0.1) is 11.4 Å². The Morgan fingerprint density at radius 3 is 2.51 bits per heavy atom. The summed E-state index contributed by atoms with van der Waals surface area (Å²) in [4.78, 5) is 33.6. The summed E-state index contributed by atoms with van der Waals surface area (Å²) in [6.45, 7) is 2.23. The van der Waals surface area contributed by atoms with Gasteiger partial charge in [-0.05, 0) is 24.3 Å². The Labute approximate surface area is 201 Å². The molecule has 0 radical (unpaired) electrons. The highest BCUT2D eigenvalue weighted by Gasteiger charge is 2.23. The van der Waals surface area contributed by atoms with Crippen LogP contribution in [0.1, 0.15) is 5.69 Å². The molecule has 0 unspecified atom stereocenters. The molecule has 180 valence electrons. The maximum Gasteiger partial charge on any atom is 0.322 e. The van der Waals surface area contributed by atoms with Crippen LogP contribution in [0, 0.1) is 17.5 Å². The normalized spacial score (nSPS) is 14.4. The Morgan fingerprint density at radius 1 is 1.00 bits per heavy atom. The van der Waals surface area contributed by atoms with Crippen LogP contribution in [0.4, 0.5) is 23.7 Å². The molecule has 5 rings (SSSR count). The number of halogens is 3. The van der Waals surface area contributed by atoms with Gasteiger partial charge in [-0.25, -0.2) is 22.9 Å². The predicted molar refractivity (Wildman–Crippen MR) is 125 cm³/mol. The number of carbonyl (C=O) groups excluding carboxylic acids is 1. The van der Waals surface area contributed by atoms with Crippen molar-refractivity contribution in [2.45, 2.75) is 6.54 Å². The van der Waals surface area contributed by atoms with E-state index in [1.165, 1.54) is 40.1 Å². The second-order valence-corrected chi connectivity index (χ2v) is 8.97. The minimum absolute atomic E-state index is 0.0843. The second kappa shape index (κ2) is 9.47. The van der Waals surface area contributed by atoms with Crippen LogP contribution < -0.4 is 10.9 Å². The van der Waals surface area contributed by atoms with Crippen LogP contribution in [-0.2, 0) is 6.54 Å². The van der Waals surface area contributed by atoms with Crippen LogP contribution >= 0.6 is 11.3 Å². The molecule has 0 spiro atoms. The number of anilines is 1. The smallest absolute Gasteiger partial charge is 0.322 e. The number of benzene rings is 2. The lowest BCUT2D eigenvalue weighted by Gasteiger charge is -2.34. The first kappa shape index (κ1) is 23.0. The minimum atomic E-state index is -0.839. The first-order chi connectivity index (χ1) is 16.9. The van der Waals surface area contributed by atoms with Gasteiger partial charge in [-0.2, -0.15) is 9.61 Å². The zero-order valence-electron chi connectivity index (χ0n) is 18.2. The zero-order valence-corrected chi connectivity index (χ0v) is 19.1. The number of carbonyl (C=O) groups is 1. The lowest BCUT2D eigenvalue weighted by Crippen LogP contribution is -2.49. The van der Waals surface area contributed by atoms with Crippen molar-refractivity contribution in [1.82, 2.24) is 24.4 Å². The Hall–Kier alpha value is -3.77. The van der Waals surface area contributed by atoms with Crippen molar-refractivity contribution in [2.24, 2.45) is 0 Å². The van der Waals surface area contributed by atoms with E-state index >= 15 is 0 Å². The SMILES string of the molecule is O=C(Nc1ccc(F)cc1F)N1CCN(Cc2cc(=O)n3nc(-c4cccc(F)c4)sc3n2)CC1. The first-order valence-corrected chi connectivity index (χ1v) is 11.6. The highest BCUT2D eigenvalue weighted by Crippen LogP contribution is 2.25. The van der Waals surface area contributed by atoms with E-state index in [0.29, 0.717) is 60.0 Å². The van der Waals surface area contributed by atoms with Crippen LogP contribution in [0.3, 0.4) is 0 Å². The molecule has 0 bridgehead atoms. The summed E-state index contributed by atoms with van der Waals surface area (Å²) in [5.41, 5.74) is 0.717. The molecule has 1 fully saturated rings. The van der Waals surface area contributed by atoms with Gasteiger partial charge in [0.25, 0.3) is 5.56 Å². The van der Waals surface area contributed by atoms with Crippen molar-refractivity contribution in [3.63, 3.8) is 0 Å². The summed E-state index contributed by atoms with van der Waals surface area (Å²) in [5.74, 6) is -1.95. The van der Waals surface area contributed by atoms with E-state index in [1.54, 1.807) is 17.0 Å². The standard InChI is InChI=1S/C23H19F3N6O2S/c24-15-3-1-2-14(10-15)21-29-32-20(33)12-17(27-23(32)35-21)13-30-6-8-31(9-7-30)22(34)28-19-5-4-16(25)11-18(19)26/h1-5,10-12H,6-9,13H2,(H,28,34). The highest BCUT2D eigenvalue weighted by atomic mass is 32.1. The fourth-order valence-electron chi connectivity index (χ4n) is 3.80. The Kier molecular flexibility index (Phi) is 6.22. The number of amides is 2. The molecule has 1 aliphatic heterocycles. The minimum Gasteiger partial charge on any atom is -0.322 e. The molecule has 12 heteroatoms. The molecule has 2 aromatic carbocycles. The number of piperazine rings is 1. The summed E-state index contributed by atoms with van der Waals surface area (Å²) in [5, 5.41) is 7.22. The second-order valence-electron chi connectivity index (χ2n) is 8.02. The van der Waals surface area contributed by atoms with Gasteiger partial charge in [-0.3, -0.25) is 9.69 Å². The molecule has 35 heavy (non-hydrogen) atoms. The lowest BCUT2D eigenvalue weighted by molar-refractivity contribution is 0.142. The summed E-state index contributed by atoms with van der Waals surface area (Å²) in [6, 6.07) is 9.89. The third-order valence-electron chi connectivity index (χ3n) is 5.59. The van der Waals surface area contributed by atoms with Crippen molar-refractivity contribution in [1.29, 1.82) is 0 Å². The monoisotopic (exact) mass is 500 g/mol. The Morgan fingerprint density at radius 2 is 1.77 bits per heavy atom. The molecule has 0 atom stereocenters. The number of fused-ring (bicyclic) bond motifs is 1. The predicted octanol–water partition coefficient (Wildman–Crippen LogP) is 3.59. The van der Waals surface area contributed by atoms with Crippen molar-refractivity contribution >= 4 is 28.0 Å². The Bertz CT molecular complexity index is 1470. The van der Waals surface area contributed by atoms with Gasteiger partial charge >= 0.3 is 6.03 Å². The van der Waals surface area contributed by atoms with Crippen LogP contribution in [-0.4, -0.2) is 56.6 Å². The van der Waals surface area contributed by atoms with Gasteiger partial charge in [0.2, 0.25) is 4.96 Å². The molecule has 2 amide bonds. The van der Waals surface area contributed by atoms with Gasteiger partial charge in [0.15, 0.2) is 0 Å². The van der Waals surface area contributed by atoms with E-state index < -0.39 is 23.5 Å². The fourth-order valence-corrected chi connectivity index (χ4v) is 4.72. The van der Waals surface area contributed by atoms with Crippen molar-refractivity contribution < 1.29 is 18.0 Å². The number of urea groups is 1. The van der Waals surface area contributed by atoms with Crippen LogP contribution in [0.2, 0.25) is 0 Å². The largest absolute Gasteiger partial charge is 0.322 e. The molecular formula is C23H19F3N6O2S. The van der Waals surface area contributed by atoms with Gasteiger partial charge in [0.1, 0.15) is 22.5 Å². The van der Waals surface area contributed by atoms with Crippen LogP contribution in [0.25, 0.3) is 15.5 Å². The molecule has 1 saturated heterocycles. The maximum atomic E-state index is 13.8. The number of hydrogen-bond donors (Lipinski definition) is 1. The number of rotatable bonds is 4. The highest BCUT2D eigenvalue weighted by molar-refractivity contribution is 7.19. The van der Waals surface area contributed by atoms with Gasteiger partial charge in [-0.15, -0.1) is 0 Å². The topological polar surface area (TPSA) is 82.8 Å². The van der Waals surface area contributed by atoms with Crippen LogP contribution in [0.5, 0.6) is 0 Å². The Balaban J connectivity index is 1.23. The van der Waals surface area contributed by atoms with Gasteiger partial charge < -0.3 is 10.2 Å². The van der Waals surface area contributed by atoms with E-state index in [0.717, 1.165) is 6.07 Å². The molecule has 3 heterocycles. The number of nitrogens with zero attached hydrogens (tertiary/aromatic N) is 5. The average molecular weight is 501 g/mol. The van der Waals surface area contributed by atoms with E-state index in [4.69, 9.17) is 0 Å². The molecule has 0 saturated carbocycles.